The highest BCUT2D eigenvalue weighted by atomic mass is 32.2. The Kier molecular flexibility index (Phi) is 6.14. The van der Waals surface area contributed by atoms with Crippen molar-refractivity contribution in [2.75, 3.05) is 13.7 Å². The molecule has 1 heterocycles. The Morgan fingerprint density at radius 1 is 1.20 bits per heavy atom. The second-order valence-electron chi connectivity index (χ2n) is 5.90. The van der Waals surface area contributed by atoms with Crippen LogP contribution in [0.25, 0.3) is 0 Å². The van der Waals surface area contributed by atoms with Crippen molar-refractivity contribution in [3.05, 3.63) is 54.4 Å². The summed E-state index contributed by atoms with van der Waals surface area (Å²) in [5.41, 5.74) is 0.530. The van der Waals surface area contributed by atoms with Crippen LogP contribution in [0.4, 0.5) is 0 Å². The first-order valence-electron chi connectivity index (χ1n) is 7.92. The van der Waals surface area contributed by atoms with Gasteiger partial charge in [-0.1, -0.05) is 19.9 Å². The van der Waals surface area contributed by atoms with Gasteiger partial charge in [0.1, 0.15) is 11.0 Å². The monoisotopic (exact) mass is 362 g/mol. The molecule has 1 aromatic carbocycles. The molecule has 0 spiro atoms. The van der Waals surface area contributed by atoms with E-state index in [4.69, 9.17) is 4.74 Å². The minimum atomic E-state index is -3.71. The number of pyridine rings is 1. The Morgan fingerprint density at radius 2 is 1.88 bits per heavy atom. The van der Waals surface area contributed by atoms with E-state index in [2.05, 4.69) is 10.3 Å². The molecule has 2 aromatic rings. The van der Waals surface area contributed by atoms with Gasteiger partial charge in [0, 0.05) is 24.9 Å². The molecule has 7 heteroatoms. The predicted molar refractivity (Wildman–Crippen MR) is 95.0 cm³/mol. The third-order valence-electron chi connectivity index (χ3n) is 3.80. The number of carbonyl (C=O) groups excluding carboxylic acids is 1. The summed E-state index contributed by atoms with van der Waals surface area (Å²) in [6.45, 7) is 3.50. The maximum absolute atomic E-state index is 13.1. The van der Waals surface area contributed by atoms with Crippen molar-refractivity contribution in [1.82, 2.24) is 10.3 Å². The van der Waals surface area contributed by atoms with E-state index in [0.29, 0.717) is 11.3 Å². The number of ether oxygens (including phenoxy) is 1. The molecule has 0 saturated heterocycles. The van der Waals surface area contributed by atoms with Gasteiger partial charge in [0.15, 0.2) is 9.84 Å². The van der Waals surface area contributed by atoms with Crippen molar-refractivity contribution in [2.24, 2.45) is 5.92 Å². The van der Waals surface area contributed by atoms with Gasteiger partial charge in [0.2, 0.25) is 5.91 Å². The molecule has 1 N–H and O–H groups in total. The van der Waals surface area contributed by atoms with Crippen LogP contribution in [0, 0.1) is 5.92 Å². The van der Waals surface area contributed by atoms with E-state index >= 15 is 0 Å². The molecule has 6 nitrogen and oxygen atoms in total. The number of aromatic nitrogens is 1. The van der Waals surface area contributed by atoms with Crippen molar-refractivity contribution in [2.45, 2.75) is 24.0 Å². The molecule has 0 bridgehead atoms. The summed E-state index contributed by atoms with van der Waals surface area (Å²) in [5.74, 6) is 0.155. The lowest BCUT2D eigenvalue weighted by Gasteiger charge is -2.19. The SMILES string of the molecule is COc1ccc(S(=O)(=O)C(CNC(=O)C(C)C)c2cccnc2)cc1. The fourth-order valence-corrected chi connectivity index (χ4v) is 3.94. The van der Waals surface area contributed by atoms with Crippen LogP contribution in [-0.2, 0) is 14.6 Å². The van der Waals surface area contributed by atoms with Gasteiger partial charge in [-0.2, -0.15) is 0 Å². The van der Waals surface area contributed by atoms with Crippen LogP contribution in [0.1, 0.15) is 24.7 Å². The molecule has 0 saturated carbocycles. The van der Waals surface area contributed by atoms with Gasteiger partial charge in [-0.25, -0.2) is 8.42 Å². The van der Waals surface area contributed by atoms with Gasteiger partial charge in [0.05, 0.1) is 12.0 Å². The predicted octanol–water partition coefficient (Wildman–Crippen LogP) is 2.38. The average Bonchev–Trinajstić information content (AvgIpc) is 2.62. The summed E-state index contributed by atoms with van der Waals surface area (Å²) in [6, 6.07) is 9.57. The molecule has 0 fully saturated rings. The first-order chi connectivity index (χ1) is 11.9. The number of methoxy groups -OCH3 is 1. The van der Waals surface area contributed by atoms with Gasteiger partial charge in [-0.15, -0.1) is 0 Å². The second-order valence-corrected chi connectivity index (χ2v) is 8.03. The Bertz CT molecular complexity index is 803. The number of sulfone groups is 1. The molecule has 0 radical (unpaired) electrons. The number of nitrogens with zero attached hydrogens (tertiary/aromatic N) is 1. The quantitative estimate of drug-likeness (QED) is 0.817. The molecule has 25 heavy (non-hydrogen) atoms. The van der Waals surface area contributed by atoms with Crippen molar-refractivity contribution in [3.8, 4) is 5.75 Å². The first-order valence-corrected chi connectivity index (χ1v) is 9.46. The number of hydrogen-bond acceptors (Lipinski definition) is 5. The molecule has 0 aliphatic heterocycles. The summed E-state index contributed by atoms with van der Waals surface area (Å²) in [5, 5.41) is 1.79. The fourth-order valence-electron chi connectivity index (χ4n) is 2.30. The van der Waals surface area contributed by atoms with Gasteiger partial charge in [0.25, 0.3) is 0 Å². The Labute approximate surface area is 148 Å². The molecule has 0 aliphatic carbocycles. The third kappa shape index (κ3) is 4.57. The maximum Gasteiger partial charge on any atom is 0.222 e. The summed E-state index contributed by atoms with van der Waals surface area (Å²) in [6.07, 6.45) is 3.08. The molecule has 1 amide bonds. The molecular formula is C18H22N2O4S. The number of hydrogen-bond donors (Lipinski definition) is 1. The van der Waals surface area contributed by atoms with Gasteiger partial charge >= 0.3 is 0 Å². The zero-order valence-electron chi connectivity index (χ0n) is 14.5. The van der Waals surface area contributed by atoms with Crippen LogP contribution in [-0.4, -0.2) is 33.0 Å². The summed E-state index contributed by atoms with van der Waals surface area (Å²) in [4.78, 5) is 16.1. The van der Waals surface area contributed by atoms with Crippen molar-refractivity contribution in [1.29, 1.82) is 0 Å². The van der Waals surface area contributed by atoms with E-state index < -0.39 is 15.1 Å². The van der Waals surface area contributed by atoms with Crippen LogP contribution in [0.5, 0.6) is 5.75 Å². The second kappa shape index (κ2) is 8.11. The number of nitrogens with one attached hydrogen (secondary N) is 1. The van der Waals surface area contributed by atoms with Crippen molar-refractivity contribution in [3.63, 3.8) is 0 Å². The Balaban J connectivity index is 2.37. The highest BCUT2D eigenvalue weighted by molar-refractivity contribution is 7.91. The van der Waals surface area contributed by atoms with Crippen LogP contribution in [0.15, 0.2) is 53.7 Å². The minimum Gasteiger partial charge on any atom is -0.497 e. The number of rotatable bonds is 7. The number of amides is 1. The molecule has 2 rings (SSSR count). The molecule has 134 valence electrons. The molecule has 1 atom stereocenters. The van der Waals surface area contributed by atoms with Gasteiger partial charge in [-0.3, -0.25) is 9.78 Å². The average molecular weight is 362 g/mol. The topological polar surface area (TPSA) is 85.4 Å². The fraction of sp³-hybridized carbons (Fsp3) is 0.333. The van der Waals surface area contributed by atoms with Crippen LogP contribution in [0.3, 0.4) is 0 Å². The standard InChI is InChI=1S/C18H22N2O4S/c1-13(2)18(21)20-12-17(14-5-4-10-19-11-14)25(22,23)16-8-6-15(24-3)7-9-16/h4-11,13,17H,12H2,1-3H3,(H,20,21). The first kappa shape index (κ1) is 18.9. The van der Waals surface area contributed by atoms with Crippen molar-refractivity contribution >= 4 is 15.7 Å². The lowest BCUT2D eigenvalue weighted by atomic mass is 10.2. The lowest BCUT2D eigenvalue weighted by molar-refractivity contribution is -0.123. The lowest BCUT2D eigenvalue weighted by Crippen LogP contribution is -2.34. The highest BCUT2D eigenvalue weighted by Gasteiger charge is 2.30. The van der Waals surface area contributed by atoms with E-state index in [1.54, 1.807) is 44.3 Å². The molecule has 0 aliphatic rings. The summed E-state index contributed by atoms with van der Waals surface area (Å²) in [7, 11) is -2.19. The third-order valence-corrected chi connectivity index (χ3v) is 5.92. The van der Waals surface area contributed by atoms with Crippen LogP contribution < -0.4 is 10.1 Å². The summed E-state index contributed by atoms with van der Waals surface area (Å²) >= 11 is 0. The normalized spacial score (nSPS) is 12.6. The summed E-state index contributed by atoms with van der Waals surface area (Å²) < 4.78 is 31.3. The molecule has 1 unspecified atom stereocenters. The largest absolute Gasteiger partial charge is 0.497 e. The van der Waals surface area contributed by atoms with Gasteiger partial charge < -0.3 is 10.1 Å². The highest BCUT2D eigenvalue weighted by Crippen LogP contribution is 2.29. The minimum absolute atomic E-state index is 0.0168. The van der Waals surface area contributed by atoms with Crippen LogP contribution >= 0.6 is 0 Å². The van der Waals surface area contributed by atoms with E-state index in [1.807, 2.05) is 0 Å². The van der Waals surface area contributed by atoms with Crippen molar-refractivity contribution < 1.29 is 17.9 Å². The van der Waals surface area contributed by atoms with Gasteiger partial charge in [-0.05, 0) is 35.9 Å². The zero-order chi connectivity index (χ0) is 18.4. The van der Waals surface area contributed by atoms with E-state index in [-0.39, 0.29) is 23.3 Å². The van der Waals surface area contributed by atoms with E-state index in [9.17, 15) is 13.2 Å². The molecular weight excluding hydrogens is 340 g/mol. The zero-order valence-corrected chi connectivity index (χ0v) is 15.3. The smallest absolute Gasteiger partial charge is 0.222 e. The number of benzene rings is 1. The maximum atomic E-state index is 13.1. The van der Waals surface area contributed by atoms with E-state index in [0.717, 1.165) is 0 Å². The molecule has 1 aromatic heterocycles. The Hall–Kier alpha value is -2.41. The number of carbonyl (C=O) groups is 1. The van der Waals surface area contributed by atoms with Crippen LogP contribution in [0.2, 0.25) is 0 Å². The Morgan fingerprint density at radius 3 is 2.40 bits per heavy atom. The van der Waals surface area contributed by atoms with E-state index in [1.165, 1.54) is 25.4 Å².